The molecule has 0 N–H and O–H groups in total. The van der Waals surface area contributed by atoms with Crippen LogP contribution in [0.2, 0.25) is 0 Å². The molecule has 14 heavy (non-hydrogen) atoms. The van der Waals surface area contributed by atoms with Gasteiger partial charge < -0.3 is 9.47 Å². The van der Waals surface area contributed by atoms with E-state index in [2.05, 4.69) is 6.92 Å². The zero-order valence-electron chi connectivity index (χ0n) is 9.25. The molecule has 0 amide bonds. The van der Waals surface area contributed by atoms with Gasteiger partial charge in [-0.25, -0.2) is 4.79 Å². The molecule has 0 aliphatic heterocycles. The van der Waals surface area contributed by atoms with E-state index >= 15 is 0 Å². The van der Waals surface area contributed by atoms with Crippen LogP contribution in [0.25, 0.3) is 0 Å². The quantitative estimate of drug-likeness (QED) is 0.618. The Kier molecular flexibility index (Phi) is 9.19. The van der Waals surface area contributed by atoms with Crippen molar-refractivity contribution >= 4 is 17.1 Å². The van der Waals surface area contributed by atoms with Crippen LogP contribution in [0, 0.1) is 0 Å². The molecule has 0 aromatic rings. The molecule has 0 bridgehead atoms. The molecule has 0 saturated carbocycles. The van der Waals surface area contributed by atoms with E-state index < -0.39 is 0 Å². The van der Waals surface area contributed by atoms with Gasteiger partial charge in [0, 0.05) is 19.0 Å². The van der Waals surface area contributed by atoms with Crippen LogP contribution in [0.3, 0.4) is 0 Å². The van der Waals surface area contributed by atoms with Crippen LogP contribution in [0.1, 0.15) is 33.1 Å². The lowest BCUT2D eigenvalue weighted by Crippen LogP contribution is -2.10. The summed E-state index contributed by atoms with van der Waals surface area (Å²) in [6, 6.07) is 0. The molecule has 0 aliphatic rings. The second kappa shape index (κ2) is 9.34. The maximum atomic E-state index is 11.2. The van der Waals surface area contributed by atoms with E-state index in [1.165, 1.54) is 11.8 Å². The minimum absolute atomic E-state index is 0.165. The third-order valence-corrected chi connectivity index (χ3v) is 2.89. The number of carbonyl (C=O) groups excluding carboxylic acids is 1. The molecule has 0 heterocycles. The van der Waals surface area contributed by atoms with Crippen LogP contribution in [-0.4, -0.2) is 30.9 Å². The van der Waals surface area contributed by atoms with E-state index in [1.54, 1.807) is 7.11 Å². The maximum absolute atomic E-state index is 11.2. The first-order chi connectivity index (χ1) is 6.74. The Bertz CT molecular complexity index is 150. The molecule has 0 rings (SSSR count). The first-order valence-electron chi connectivity index (χ1n) is 5.06. The SMILES string of the molecule is CCCC(CCOC)SC(=O)OCC. The summed E-state index contributed by atoms with van der Waals surface area (Å²) >= 11 is 1.29. The van der Waals surface area contributed by atoms with Gasteiger partial charge in [-0.3, -0.25) is 0 Å². The Labute approximate surface area is 90.5 Å². The van der Waals surface area contributed by atoms with E-state index in [4.69, 9.17) is 9.47 Å². The van der Waals surface area contributed by atoms with Crippen molar-refractivity contribution in [2.75, 3.05) is 20.3 Å². The highest BCUT2D eigenvalue weighted by atomic mass is 32.2. The summed E-state index contributed by atoms with van der Waals surface area (Å²) in [5, 5.41) is 0.168. The third-order valence-electron chi connectivity index (χ3n) is 1.78. The molecule has 0 saturated heterocycles. The Morgan fingerprint density at radius 1 is 1.36 bits per heavy atom. The topological polar surface area (TPSA) is 35.5 Å². The molecule has 1 atom stereocenters. The maximum Gasteiger partial charge on any atom is 0.367 e. The number of thioether (sulfide) groups is 1. The number of hydrogen-bond donors (Lipinski definition) is 0. The molecule has 0 fully saturated rings. The van der Waals surface area contributed by atoms with Gasteiger partial charge in [0.25, 0.3) is 0 Å². The van der Waals surface area contributed by atoms with E-state index in [9.17, 15) is 4.79 Å². The van der Waals surface area contributed by atoms with Crippen molar-refractivity contribution in [3.8, 4) is 0 Å². The van der Waals surface area contributed by atoms with E-state index in [-0.39, 0.29) is 5.30 Å². The van der Waals surface area contributed by atoms with Gasteiger partial charge in [-0.15, -0.1) is 0 Å². The largest absolute Gasteiger partial charge is 0.458 e. The predicted molar refractivity (Wildman–Crippen MR) is 59.8 cm³/mol. The van der Waals surface area contributed by atoms with Crippen molar-refractivity contribution in [2.24, 2.45) is 0 Å². The Morgan fingerprint density at radius 3 is 2.57 bits per heavy atom. The van der Waals surface area contributed by atoms with Gasteiger partial charge in [-0.05, 0) is 31.5 Å². The van der Waals surface area contributed by atoms with Crippen molar-refractivity contribution < 1.29 is 14.3 Å². The summed E-state index contributed by atoms with van der Waals surface area (Å²) in [6.45, 7) is 5.10. The lowest BCUT2D eigenvalue weighted by molar-refractivity contribution is 0.180. The first kappa shape index (κ1) is 13.8. The predicted octanol–water partition coefficient (Wildman–Crippen LogP) is 3.08. The monoisotopic (exact) mass is 220 g/mol. The summed E-state index contributed by atoms with van der Waals surface area (Å²) in [4.78, 5) is 11.2. The van der Waals surface area contributed by atoms with Gasteiger partial charge in [0.05, 0.1) is 6.61 Å². The molecule has 0 radical (unpaired) electrons. The lowest BCUT2D eigenvalue weighted by atomic mass is 10.2. The molecular weight excluding hydrogens is 200 g/mol. The van der Waals surface area contributed by atoms with Gasteiger partial charge >= 0.3 is 5.30 Å². The highest BCUT2D eigenvalue weighted by Gasteiger charge is 2.14. The standard InChI is InChI=1S/C10H20O3S/c1-4-6-9(7-8-12-3)14-10(11)13-5-2/h9H,4-8H2,1-3H3. The third kappa shape index (κ3) is 7.21. The summed E-state index contributed by atoms with van der Waals surface area (Å²) in [6.07, 6.45) is 3.03. The minimum Gasteiger partial charge on any atom is -0.458 e. The van der Waals surface area contributed by atoms with Gasteiger partial charge in [-0.1, -0.05) is 13.3 Å². The fourth-order valence-electron chi connectivity index (χ4n) is 1.12. The highest BCUT2D eigenvalue weighted by Crippen LogP contribution is 2.21. The smallest absolute Gasteiger partial charge is 0.367 e. The van der Waals surface area contributed by atoms with E-state index in [0.29, 0.717) is 18.5 Å². The summed E-state index contributed by atoms with van der Waals surface area (Å²) in [7, 11) is 1.68. The number of ether oxygens (including phenoxy) is 2. The Balaban J connectivity index is 3.75. The molecule has 0 aliphatic carbocycles. The lowest BCUT2D eigenvalue weighted by Gasteiger charge is -2.13. The van der Waals surface area contributed by atoms with Crippen LogP contribution >= 0.6 is 11.8 Å². The summed E-state index contributed by atoms with van der Waals surface area (Å²) in [5.41, 5.74) is 0. The zero-order valence-corrected chi connectivity index (χ0v) is 10.1. The molecule has 1 unspecified atom stereocenters. The molecular formula is C10H20O3S. The highest BCUT2D eigenvalue weighted by molar-refractivity contribution is 8.13. The van der Waals surface area contributed by atoms with Crippen LogP contribution in [0.15, 0.2) is 0 Å². The van der Waals surface area contributed by atoms with Crippen molar-refractivity contribution in [2.45, 2.75) is 38.4 Å². The summed E-state index contributed by atoms with van der Waals surface area (Å²) < 4.78 is 9.88. The Morgan fingerprint density at radius 2 is 2.07 bits per heavy atom. The van der Waals surface area contributed by atoms with Crippen LogP contribution in [0.5, 0.6) is 0 Å². The number of methoxy groups -OCH3 is 1. The fourth-order valence-corrected chi connectivity index (χ4v) is 2.15. The van der Waals surface area contributed by atoms with Crippen molar-refractivity contribution in [1.29, 1.82) is 0 Å². The molecule has 0 aromatic carbocycles. The fraction of sp³-hybridized carbons (Fsp3) is 0.900. The molecule has 0 spiro atoms. The average Bonchev–Trinajstić information content (AvgIpc) is 2.15. The van der Waals surface area contributed by atoms with Crippen LogP contribution in [-0.2, 0) is 9.47 Å². The normalized spacial score (nSPS) is 12.5. The molecule has 84 valence electrons. The first-order valence-corrected chi connectivity index (χ1v) is 5.94. The second-order valence-electron chi connectivity index (χ2n) is 2.99. The molecule has 4 heteroatoms. The number of hydrogen-bond acceptors (Lipinski definition) is 4. The molecule has 3 nitrogen and oxygen atoms in total. The van der Waals surface area contributed by atoms with Crippen LogP contribution < -0.4 is 0 Å². The number of rotatable bonds is 7. The van der Waals surface area contributed by atoms with E-state index in [0.717, 1.165) is 19.3 Å². The zero-order chi connectivity index (χ0) is 10.8. The minimum atomic E-state index is -0.165. The van der Waals surface area contributed by atoms with Crippen molar-refractivity contribution in [3.05, 3.63) is 0 Å². The van der Waals surface area contributed by atoms with Gasteiger partial charge in [0.1, 0.15) is 0 Å². The molecule has 0 aromatic heterocycles. The van der Waals surface area contributed by atoms with Crippen LogP contribution in [0.4, 0.5) is 4.79 Å². The van der Waals surface area contributed by atoms with Crippen molar-refractivity contribution in [1.82, 2.24) is 0 Å². The van der Waals surface area contributed by atoms with Gasteiger partial charge in [0.2, 0.25) is 0 Å². The van der Waals surface area contributed by atoms with Crippen molar-refractivity contribution in [3.63, 3.8) is 0 Å². The number of carbonyl (C=O) groups is 1. The van der Waals surface area contributed by atoms with Gasteiger partial charge in [-0.2, -0.15) is 0 Å². The average molecular weight is 220 g/mol. The van der Waals surface area contributed by atoms with Gasteiger partial charge in [0.15, 0.2) is 0 Å². The summed E-state index contributed by atoms with van der Waals surface area (Å²) in [5.74, 6) is 0. The van der Waals surface area contributed by atoms with E-state index in [1.807, 2.05) is 6.92 Å². The Hall–Kier alpha value is -0.220. The second-order valence-corrected chi connectivity index (χ2v) is 4.23.